The summed E-state index contributed by atoms with van der Waals surface area (Å²) in [4.78, 5) is 26.1. The molecule has 1 aliphatic rings. The first-order valence-electron chi connectivity index (χ1n) is 12.5. The third-order valence-electron chi connectivity index (χ3n) is 6.97. The number of nitrogens with zero attached hydrogens (tertiary/aromatic N) is 4. The minimum Gasteiger partial charge on any atom is -0.495 e. The molecule has 0 unspecified atom stereocenters. The number of amides is 1. The largest absolute Gasteiger partial charge is 0.495 e. The fourth-order valence-electron chi connectivity index (χ4n) is 5.07. The van der Waals surface area contributed by atoms with Crippen LogP contribution in [-0.4, -0.2) is 39.5 Å². The van der Waals surface area contributed by atoms with Crippen molar-refractivity contribution in [2.24, 2.45) is 0 Å². The molecule has 40 heavy (non-hydrogen) atoms. The molecule has 0 aliphatic heterocycles. The smallest absolute Gasteiger partial charge is 0.247 e. The summed E-state index contributed by atoms with van der Waals surface area (Å²) >= 11 is 13.5. The zero-order valence-corrected chi connectivity index (χ0v) is 23.2. The molecule has 202 valence electrons. The molecule has 1 amide bonds. The summed E-state index contributed by atoms with van der Waals surface area (Å²) in [5.74, 6) is 0.917. The van der Waals surface area contributed by atoms with Crippen molar-refractivity contribution in [3.8, 4) is 22.6 Å². The monoisotopic (exact) mass is 574 g/mol. The minimum atomic E-state index is -0.292. The van der Waals surface area contributed by atoms with Crippen molar-refractivity contribution in [2.45, 2.75) is 19.3 Å². The van der Waals surface area contributed by atoms with E-state index >= 15 is 0 Å². The number of ether oxygens (including phenoxy) is 2. The molecule has 3 heterocycles. The molecule has 2 aromatic carbocycles. The van der Waals surface area contributed by atoms with Crippen molar-refractivity contribution < 1.29 is 14.3 Å². The minimum absolute atomic E-state index is 0.292. The Balaban J connectivity index is 1.47. The summed E-state index contributed by atoms with van der Waals surface area (Å²) in [5, 5.41) is 7.59. The molecule has 2 N–H and O–H groups in total. The van der Waals surface area contributed by atoms with E-state index < -0.39 is 0 Å². The second-order valence-electron chi connectivity index (χ2n) is 9.27. The number of carbonyl (C=O) groups excluding carboxylic acids is 1. The average molecular weight is 575 g/mol. The van der Waals surface area contributed by atoms with E-state index in [2.05, 4.69) is 27.2 Å². The van der Waals surface area contributed by atoms with Gasteiger partial charge in [-0.15, -0.1) is 0 Å². The van der Waals surface area contributed by atoms with Crippen LogP contribution >= 0.6 is 23.2 Å². The predicted octanol–water partition coefficient (Wildman–Crippen LogP) is 6.63. The first kappa shape index (κ1) is 25.9. The lowest BCUT2D eigenvalue weighted by molar-refractivity contribution is -0.111. The molecule has 11 heteroatoms. The van der Waals surface area contributed by atoms with Crippen LogP contribution in [-0.2, 0) is 17.6 Å². The molecule has 0 bridgehead atoms. The third kappa shape index (κ3) is 4.37. The standard InChI is InChI=1S/C29H24Cl2N6O3/c1-4-23(38)34-19-11-15-6-5-7-16(15)12-20(19)35-29-33-14-17-10-18(28-32-8-9-37(28)27(17)36-29)24-25(30)21(39-2)13-22(40-3)26(24)31/h4,8-14H,1,5-7H2,2-3H3,(H,34,38)(H,33,35,36). The van der Waals surface area contributed by atoms with Crippen molar-refractivity contribution in [3.05, 3.63) is 76.7 Å². The maximum absolute atomic E-state index is 12.1. The summed E-state index contributed by atoms with van der Waals surface area (Å²) in [7, 11) is 3.06. The summed E-state index contributed by atoms with van der Waals surface area (Å²) in [5.41, 5.74) is 6.22. The van der Waals surface area contributed by atoms with Gasteiger partial charge in [-0.05, 0) is 54.7 Å². The van der Waals surface area contributed by atoms with Crippen LogP contribution < -0.4 is 20.1 Å². The second-order valence-corrected chi connectivity index (χ2v) is 10.0. The van der Waals surface area contributed by atoms with Crippen molar-refractivity contribution in [1.29, 1.82) is 0 Å². The number of imidazole rings is 1. The van der Waals surface area contributed by atoms with E-state index in [4.69, 9.17) is 37.7 Å². The van der Waals surface area contributed by atoms with Gasteiger partial charge in [-0.2, -0.15) is 4.98 Å². The Morgan fingerprint density at radius 3 is 2.38 bits per heavy atom. The molecule has 0 atom stereocenters. The van der Waals surface area contributed by atoms with Crippen LogP contribution in [0.15, 0.2) is 55.5 Å². The van der Waals surface area contributed by atoms with E-state index in [1.165, 1.54) is 31.4 Å². The number of pyridine rings is 1. The topological polar surface area (TPSA) is 103 Å². The van der Waals surface area contributed by atoms with Gasteiger partial charge in [-0.1, -0.05) is 29.8 Å². The number of anilines is 3. The molecule has 0 radical (unpaired) electrons. The molecule has 0 saturated heterocycles. The van der Waals surface area contributed by atoms with Gasteiger partial charge in [0.2, 0.25) is 11.9 Å². The van der Waals surface area contributed by atoms with E-state index in [1.54, 1.807) is 18.5 Å². The molecule has 9 nitrogen and oxygen atoms in total. The Labute approximate surface area is 239 Å². The number of rotatable bonds is 7. The van der Waals surface area contributed by atoms with Gasteiger partial charge in [-0.3, -0.25) is 9.20 Å². The van der Waals surface area contributed by atoms with Gasteiger partial charge in [0.05, 0.1) is 35.6 Å². The Kier molecular flexibility index (Phi) is 6.69. The first-order valence-corrected chi connectivity index (χ1v) is 13.3. The van der Waals surface area contributed by atoms with E-state index in [9.17, 15) is 4.79 Å². The SMILES string of the molecule is C=CC(=O)Nc1cc2c(cc1Nc1ncc3cc(-c4c(Cl)c(OC)cc(OC)c4Cl)c4nccn4c3n1)CCC2. The summed E-state index contributed by atoms with van der Waals surface area (Å²) in [6.07, 6.45) is 9.48. The van der Waals surface area contributed by atoms with E-state index in [0.717, 1.165) is 24.6 Å². The van der Waals surface area contributed by atoms with E-state index in [-0.39, 0.29) is 5.91 Å². The molecular weight excluding hydrogens is 551 g/mol. The number of fused-ring (bicyclic) bond motifs is 4. The van der Waals surface area contributed by atoms with E-state index in [0.29, 0.717) is 61.3 Å². The van der Waals surface area contributed by atoms with Crippen molar-refractivity contribution in [3.63, 3.8) is 0 Å². The highest BCUT2D eigenvalue weighted by Gasteiger charge is 2.23. The number of benzene rings is 2. The number of carbonyl (C=O) groups is 1. The lowest BCUT2D eigenvalue weighted by atomic mass is 10.0. The Morgan fingerprint density at radius 1 is 1.00 bits per heavy atom. The number of nitrogens with one attached hydrogen (secondary N) is 2. The van der Waals surface area contributed by atoms with Gasteiger partial charge >= 0.3 is 0 Å². The Hall–Kier alpha value is -4.34. The number of hydrogen-bond acceptors (Lipinski definition) is 7. The van der Waals surface area contributed by atoms with E-state index in [1.807, 2.05) is 28.8 Å². The van der Waals surface area contributed by atoms with Crippen LogP contribution in [0.3, 0.4) is 0 Å². The molecule has 6 rings (SSSR count). The van der Waals surface area contributed by atoms with Gasteiger partial charge in [0, 0.05) is 41.2 Å². The van der Waals surface area contributed by atoms with Gasteiger partial charge in [-0.25, -0.2) is 9.97 Å². The Morgan fingerprint density at radius 2 is 1.70 bits per heavy atom. The molecule has 0 saturated carbocycles. The van der Waals surface area contributed by atoms with Gasteiger partial charge in [0.25, 0.3) is 0 Å². The zero-order valence-electron chi connectivity index (χ0n) is 21.7. The summed E-state index contributed by atoms with van der Waals surface area (Å²) in [6, 6.07) is 7.58. The van der Waals surface area contributed by atoms with Crippen LogP contribution in [0.2, 0.25) is 10.0 Å². The first-order chi connectivity index (χ1) is 19.4. The maximum Gasteiger partial charge on any atom is 0.247 e. The zero-order chi connectivity index (χ0) is 28.0. The van der Waals surface area contributed by atoms with Crippen LogP contribution in [0, 0.1) is 0 Å². The fourth-order valence-corrected chi connectivity index (χ4v) is 5.78. The quantitative estimate of drug-likeness (QED) is 0.210. The molecular formula is C29H24Cl2N6O3. The Bertz CT molecular complexity index is 1810. The highest BCUT2D eigenvalue weighted by molar-refractivity contribution is 6.41. The van der Waals surface area contributed by atoms with Crippen LogP contribution in [0.1, 0.15) is 17.5 Å². The second kappa shape index (κ2) is 10.3. The predicted molar refractivity (Wildman–Crippen MR) is 157 cm³/mol. The number of halogens is 2. The number of hydrogen-bond donors (Lipinski definition) is 2. The molecule has 3 aromatic heterocycles. The lowest BCUT2D eigenvalue weighted by Gasteiger charge is -2.17. The molecule has 0 spiro atoms. The number of aromatic nitrogens is 4. The molecule has 1 aliphatic carbocycles. The van der Waals surface area contributed by atoms with Gasteiger partial charge in [0.1, 0.15) is 17.1 Å². The molecule has 0 fully saturated rings. The van der Waals surface area contributed by atoms with Crippen LogP contribution in [0.4, 0.5) is 17.3 Å². The third-order valence-corrected chi connectivity index (χ3v) is 7.72. The number of aryl methyl sites for hydroxylation is 2. The highest BCUT2D eigenvalue weighted by Crippen LogP contribution is 2.47. The van der Waals surface area contributed by atoms with Crippen LogP contribution in [0.5, 0.6) is 11.5 Å². The number of methoxy groups -OCH3 is 2. The van der Waals surface area contributed by atoms with Gasteiger partial charge in [0.15, 0.2) is 5.65 Å². The van der Waals surface area contributed by atoms with Crippen LogP contribution in [0.25, 0.3) is 27.8 Å². The van der Waals surface area contributed by atoms with Crippen molar-refractivity contribution in [2.75, 3.05) is 24.9 Å². The van der Waals surface area contributed by atoms with Crippen molar-refractivity contribution >= 4 is 63.1 Å². The summed E-state index contributed by atoms with van der Waals surface area (Å²) in [6.45, 7) is 3.56. The maximum atomic E-state index is 12.1. The molecule has 5 aromatic rings. The average Bonchev–Trinajstić information content (AvgIpc) is 3.63. The van der Waals surface area contributed by atoms with Gasteiger partial charge < -0.3 is 20.1 Å². The highest BCUT2D eigenvalue weighted by atomic mass is 35.5. The summed E-state index contributed by atoms with van der Waals surface area (Å²) < 4.78 is 12.8. The fraction of sp³-hybridized carbons (Fsp3) is 0.172. The lowest BCUT2D eigenvalue weighted by Crippen LogP contribution is -2.10. The van der Waals surface area contributed by atoms with Crippen molar-refractivity contribution in [1.82, 2.24) is 19.4 Å². The normalized spacial score (nSPS) is 12.4.